The van der Waals surface area contributed by atoms with E-state index in [1.54, 1.807) is 0 Å². The fraction of sp³-hybridized carbons (Fsp3) is 0.423. The van der Waals surface area contributed by atoms with Crippen LogP contribution in [-0.2, 0) is 0 Å². The summed E-state index contributed by atoms with van der Waals surface area (Å²) in [6.07, 6.45) is 8.95. The smallest absolute Gasteiger partial charge is 0.227 e. The van der Waals surface area contributed by atoms with E-state index in [-0.39, 0.29) is 0 Å². The molecule has 0 aliphatic heterocycles. The van der Waals surface area contributed by atoms with Crippen molar-refractivity contribution in [1.29, 1.82) is 0 Å². The number of rotatable bonds is 11. The van der Waals surface area contributed by atoms with Crippen LogP contribution >= 0.6 is 0 Å². The van der Waals surface area contributed by atoms with Crippen LogP contribution in [0.5, 0.6) is 0 Å². The van der Waals surface area contributed by atoms with Gasteiger partial charge in [-0.05, 0) is 66.1 Å². The number of nitrogens with zero attached hydrogens (tertiary/aromatic N) is 4. The Labute approximate surface area is 187 Å². The number of hydrogen-bond donors (Lipinski definition) is 1. The maximum atomic E-state index is 4.81. The first kappa shape index (κ1) is 22.7. The molecule has 164 valence electrons. The normalized spacial score (nSPS) is 12.0. The SMILES string of the molecule is CCCN(CCC(CC)C(C)C)c1nccc(Nc2ccc(-c3ccncc3)cc2)n1. The molecule has 3 aromatic rings. The van der Waals surface area contributed by atoms with E-state index in [1.807, 2.05) is 36.8 Å². The Morgan fingerprint density at radius 1 is 0.871 bits per heavy atom. The molecule has 0 saturated carbocycles. The second kappa shape index (κ2) is 11.4. The Kier molecular flexibility index (Phi) is 8.39. The fourth-order valence-corrected chi connectivity index (χ4v) is 3.92. The van der Waals surface area contributed by atoms with Crippen molar-refractivity contribution in [1.82, 2.24) is 15.0 Å². The quantitative estimate of drug-likeness (QED) is 0.382. The third kappa shape index (κ3) is 6.51. The monoisotopic (exact) mass is 417 g/mol. The van der Waals surface area contributed by atoms with Gasteiger partial charge in [0.25, 0.3) is 0 Å². The summed E-state index contributed by atoms with van der Waals surface area (Å²) in [7, 11) is 0. The molecule has 31 heavy (non-hydrogen) atoms. The third-order valence-electron chi connectivity index (χ3n) is 5.83. The molecule has 1 aromatic carbocycles. The lowest BCUT2D eigenvalue weighted by Crippen LogP contribution is -2.29. The Bertz CT molecular complexity index is 909. The molecule has 1 atom stereocenters. The largest absolute Gasteiger partial charge is 0.341 e. The molecule has 0 bridgehead atoms. The number of nitrogens with one attached hydrogen (secondary N) is 1. The highest BCUT2D eigenvalue weighted by Crippen LogP contribution is 2.24. The van der Waals surface area contributed by atoms with Crippen LogP contribution < -0.4 is 10.2 Å². The summed E-state index contributed by atoms with van der Waals surface area (Å²) in [5, 5.41) is 3.42. The van der Waals surface area contributed by atoms with Crippen molar-refractivity contribution < 1.29 is 0 Å². The molecule has 0 spiro atoms. The lowest BCUT2D eigenvalue weighted by molar-refractivity contribution is 0.349. The maximum Gasteiger partial charge on any atom is 0.227 e. The zero-order valence-electron chi connectivity index (χ0n) is 19.3. The van der Waals surface area contributed by atoms with Gasteiger partial charge < -0.3 is 10.2 Å². The maximum absolute atomic E-state index is 4.81. The number of anilines is 3. The fourth-order valence-electron chi connectivity index (χ4n) is 3.92. The molecular formula is C26H35N5. The highest BCUT2D eigenvalue weighted by Gasteiger charge is 2.15. The van der Waals surface area contributed by atoms with Gasteiger partial charge in [0.1, 0.15) is 5.82 Å². The molecule has 0 saturated heterocycles. The van der Waals surface area contributed by atoms with E-state index in [2.05, 4.69) is 72.1 Å². The van der Waals surface area contributed by atoms with E-state index in [4.69, 9.17) is 4.98 Å². The van der Waals surface area contributed by atoms with Gasteiger partial charge in [-0.1, -0.05) is 46.2 Å². The molecule has 0 aliphatic carbocycles. The van der Waals surface area contributed by atoms with Gasteiger partial charge in [-0.2, -0.15) is 4.98 Å². The minimum atomic E-state index is 0.706. The van der Waals surface area contributed by atoms with Crippen molar-refractivity contribution in [3.63, 3.8) is 0 Å². The Hall–Kier alpha value is -2.95. The molecule has 2 heterocycles. The van der Waals surface area contributed by atoms with Crippen molar-refractivity contribution >= 4 is 17.5 Å². The number of hydrogen-bond acceptors (Lipinski definition) is 5. The molecule has 0 amide bonds. The van der Waals surface area contributed by atoms with Crippen LogP contribution in [0.1, 0.15) is 47.0 Å². The molecular weight excluding hydrogens is 382 g/mol. The number of benzene rings is 1. The highest BCUT2D eigenvalue weighted by atomic mass is 15.3. The van der Waals surface area contributed by atoms with Gasteiger partial charge in [-0.25, -0.2) is 4.98 Å². The highest BCUT2D eigenvalue weighted by molar-refractivity contribution is 5.67. The van der Waals surface area contributed by atoms with Gasteiger partial charge in [0.15, 0.2) is 0 Å². The number of aromatic nitrogens is 3. The second-order valence-corrected chi connectivity index (χ2v) is 8.37. The Morgan fingerprint density at radius 3 is 2.23 bits per heavy atom. The third-order valence-corrected chi connectivity index (χ3v) is 5.83. The first-order valence-corrected chi connectivity index (χ1v) is 11.5. The lowest BCUT2D eigenvalue weighted by atomic mass is 9.90. The summed E-state index contributed by atoms with van der Waals surface area (Å²) in [6.45, 7) is 11.1. The first-order chi connectivity index (χ1) is 15.1. The Morgan fingerprint density at radius 2 is 1.58 bits per heavy atom. The molecule has 1 unspecified atom stereocenters. The first-order valence-electron chi connectivity index (χ1n) is 11.5. The summed E-state index contributed by atoms with van der Waals surface area (Å²) >= 11 is 0. The average Bonchev–Trinajstić information content (AvgIpc) is 2.80. The molecule has 3 rings (SSSR count). The predicted octanol–water partition coefficient (Wildman–Crippen LogP) is 6.57. The molecule has 0 aliphatic rings. The summed E-state index contributed by atoms with van der Waals surface area (Å²) in [5.74, 6) is 3.06. The van der Waals surface area contributed by atoms with E-state index in [9.17, 15) is 0 Å². The average molecular weight is 418 g/mol. The number of pyridine rings is 1. The van der Waals surface area contributed by atoms with Gasteiger partial charge >= 0.3 is 0 Å². The van der Waals surface area contributed by atoms with E-state index >= 15 is 0 Å². The summed E-state index contributed by atoms with van der Waals surface area (Å²) in [4.78, 5) is 15.8. The molecule has 5 nitrogen and oxygen atoms in total. The van der Waals surface area contributed by atoms with E-state index in [1.165, 1.54) is 18.4 Å². The van der Waals surface area contributed by atoms with Crippen LogP contribution in [0.25, 0.3) is 11.1 Å². The molecule has 1 N–H and O–H groups in total. The molecule has 5 heteroatoms. The van der Waals surface area contributed by atoms with Crippen LogP contribution in [-0.4, -0.2) is 28.0 Å². The van der Waals surface area contributed by atoms with E-state index in [0.717, 1.165) is 48.4 Å². The van der Waals surface area contributed by atoms with E-state index in [0.29, 0.717) is 5.92 Å². The second-order valence-electron chi connectivity index (χ2n) is 8.37. The minimum Gasteiger partial charge on any atom is -0.341 e. The van der Waals surface area contributed by atoms with Crippen LogP contribution in [0.15, 0.2) is 61.1 Å². The van der Waals surface area contributed by atoms with Crippen molar-refractivity contribution in [2.45, 2.75) is 47.0 Å². The minimum absolute atomic E-state index is 0.706. The van der Waals surface area contributed by atoms with Crippen molar-refractivity contribution in [3.05, 3.63) is 61.1 Å². The Balaban J connectivity index is 1.69. The van der Waals surface area contributed by atoms with Crippen LogP contribution in [0, 0.1) is 11.8 Å². The standard InChI is InChI=1S/C26H35N5/c1-5-18-31(19-14-21(6-2)20(3)4)26-28-17-13-25(30-26)29-24-9-7-22(8-10-24)23-11-15-27-16-12-23/h7-13,15-17,20-21H,5-6,14,18-19H2,1-4H3,(H,28,29,30). The summed E-state index contributed by atoms with van der Waals surface area (Å²) < 4.78 is 0. The van der Waals surface area contributed by atoms with Gasteiger partial charge in [0.2, 0.25) is 5.95 Å². The van der Waals surface area contributed by atoms with E-state index < -0.39 is 0 Å². The van der Waals surface area contributed by atoms with Crippen LogP contribution in [0.4, 0.5) is 17.5 Å². The van der Waals surface area contributed by atoms with Crippen LogP contribution in [0.2, 0.25) is 0 Å². The van der Waals surface area contributed by atoms with Crippen molar-refractivity contribution in [2.75, 3.05) is 23.3 Å². The van der Waals surface area contributed by atoms with Gasteiger partial charge in [0.05, 0.1) is 0 Å². The van der Waals surface area contributed by atoms with Gasteiger partial charge in [-0.3, -0.25) is 4.98 Å². The molecule has 2 aromatic heterocycles. The van der Waals surface area contributed by atoms with Crippen molar-refractivity contribution in [3.8, 4) is 11.1 Å². The molecule has 0 radical (unpaired) electrons. The predicted molar refractivity (Wildman–Crippen MR) is 131 cm³/mol. The van der Waals surface area contributed by atoms with Gasteiger partial charge in [-0.15, -0.1) is 0 Å². The van der Waals surface area contributed by atoms with Crippen LogP contribution in [0.3, 0.4) is 0 Å². The lowest BCUT2D eigenvalue weighted by Gasteiger charge is -2.26. The summed E-state index contributed by atoms with van der Waals surface area (Å²) in [5.41, 5.74) is 3.34. The van der Waals surface area contributed by atoms with Gasteiger partial charge in [0, 0.05) is 37.4 Å². The summed E-state index contributed by atoms with van der Waals surface area (Å²) in [6, 6.07) is 14.3. The topological polar surface area (TPSA) is 53.9 Å². The van der Waals surface area contributed by atoms with Crippen molar-refractivity contribution in [2.24, 2.45) is 11.8 Å². The zero-order chi connectivity index (χ0) is 22.1. The molecule has 0 fully saturated rings. The zero-order valence-corrected chi connectivity index (χ0v) is 19.3.